The summed E-state index contributed by atoms with van der Waals surface area (Å²) in [5.74, 6) is -0.523. The van der Waals surface area contributed by atoms with Crippen molar-refractivity contribution in [3.05, 3.63) is 36.5 Å². The Kier molecular flexibility index (Phi) is 25.6. The Morgan fingerprint density at radius 2 is 1.17 bits per heavy atom. The highest BCUT2D eigenvalue weighted by molar-refractivity contribution is 5.80. The predicted molar refractivity (Wildman–Crippen MR) is 153 cm³/mol. The summed E-state index contributed by atoms with van der Waals surface area (Å²) < 4.78 is 0. The van der Waals surface area contributed by atoms with Crippen LogP contribution in [0.4, 0.5) is 0 Å². The van der Waals surface area contributed by atoms with Crippen LogP contribution in [0.25, 0.3) is 0 Å². The van der Waals surface area contributed by atoms with E-state index in [1.807, 2.05) is 6.08 Å². The van der Waals surface area contributed by atoms with Gasteiger partial charge in [-0.05, 0) is 38.5 Å². The maximum atomic E-state index is 12.3. The molecule has 4 N–H and O–H groups in total. The first-order valence-corrected chi connectivity index (χ1v) is 14.8. The monoisotopic (exact) mass is 507 g/mol. The summed E-state index contributed by atoms with van der Waals surface area (Å²) in [6, 6.07) is -0.814. The van der Waals surface area contributed by atoms with E-state index in [4.69, 9.17) is 0 Å². The van der Waals surface area contributed by atoms with Gasteiger partial charge in [0.05, 0.1) is 18.8 Å². The molecule has 0 aromatic rings. The van der Waals surface area contributed by atoms with Gasteiger partial charge in [0.15, 0.2) is 0 Å². The maximum Gasteiger partial charge on any atom is 0.249 e. The van der Waals surface area contributed by atoms with E-state index in [2.05, 4.69) is 43.5 Å². The molecule has 0 aromatic carbocycles. The van der Waals surface area contributed by atoms with Gasteiger partial charge in [-0.25, -0.2) is 0 Å². The molecular weight excluding hydrogens is 450 g/mol. The van der Waals surface area contributed by atoms with E-state index in [1.165, 1.54) is 57.8 Å². The smallest absolute Gasteiger partial charge is 0.249 e. The highest BCUT2D eigenvalue weighted by Crippen LogP contribution is 2.13. The summed E-state index contributed by atoms with van der Waals surface area (Å²) in [7, 11) is 0. The second-order valence-electron chi connectivity index (χ2n) is 9.92. The molecule has 0 bridgehead atoms. The summed E-state index contributed by atoms with van der Waals surface area (Å²) in [5, 5.41) is 32.6. The number of nitrogens with one attached hydrogen (secondary N) is 1. The molecule has 5 nitrogen and oxygen atoms in total. The summed E-state index contributed by atoms with van der Waals surface area (Å²) in [4.78, 5) is 12.3. The van der Waals surface area contributed by atoms with Crippen LogP contribution in [-0.2, 0) is 4.79 Å². The molecule has 210 valence electrons. The molecule has 3 unspecified atom stereocenters. The number of aliphatic hydroxyl groups is 3. The lowest BCUT2D eigenvalue weighted by Gasteiger charge is -2.21. The van der Waals surface area contributed by atoms with Gasteiger partial charge in [0, 0.05) is 0 Å². The van der Waals surface area contributed by atoms with Gasteiger partial charge in [0.2, 0.25) is 5.91 Å². The van der Waals surface area contributed by atoms with Gasteiger partial charge in [-0.2, -0.15) is 0 Å². The first-order chi connectivity index (χ1) is 17.6. The first-order valence-electron chi connectivity index (χ1n) is 14.8. The van der Waals surface area contributed by atoms with Crippen molar-refractivity contribution in [2.45, 2.75) is 148 Å². The Morgan fingerprint density at radius 1 is 0.694 bits per heavy atom. The van der Waals surface area contributed by atoms with Crippen LogP contribution in [0.3, 0.4) is 0 Å². The number of rotatable bonds is 25. The van der Waals surface area contributed by atoms with Crippen molar-refractivity contribution < 1.29 is 20.1 Å². The van der Waals surface area contributed by atoms with Gasteiger partial charge in [-0.3, -0.25) is 4.79 Å². The fourth-order valence-electron chi connectivity index (χ4n) is 4.10. The third-order valence-corrected chi connectivity index (χ3v) is 6.47. The quantitative estimate of drug-likeness (QED) is 0.0798. The lowest BCUT2D eigenvalue weighted by molar-refractivity contribution is -0.131. The van der Waals surface area contributed by atoms with E-state index in [0.29, 0.717) is 6.42 Å². The molecule has 0 saturated heterocycles. The zero-order chi connectivity index (χ0) is 26.7. The van der Waals surface area contributed by atoms with Gasteiger partial charge in [0.1, 0.15) is 6.10 Å². The van der Waals surface area contributed by atoms with Gasteiger partial charge in [-0.15, -0.1) is 0 Å². The molecule has 0 aliphatic heterocycles. The molecule has 36 heavy (non-hydrogen) atoms. The minimum Gasteiger partial charge on any atom is -0.394 e. The van der Waals surface area contributed by atoms with E-state index in [9.17, 15) is 20.1 Å². The molecule has 1 amide bonds. The molecule has 0 heterocycles. The molecule has 0 spiro atoms. The van der Waals surface area contributed by atoms with Crippen molar-refractivity contribution in [2.75, 3.05) is 6.61 Å². The lowest BCUT2D eigenvalue weighted by atomic mass is 10.0. The zero-order valence-corrected chi connectivity index (χ0v) is 23.4. The Balaban J connectivity index is 3.90. The van der Waals surface area contributed by atoms with Crippen molar-refractivity contribution in [1.29, 1.82) is 0 Å². The highest BCUT2D eigenvalue weighted by atomic mass is 16.3. The Labute approximate surface area is 222 Å². The standard InChI is InChI=1S/C31H57NO4/c1-3-5-7-9-11-13-15-16-18-20-22-24-26-30(35)31(36)32-28(27-33)29(34)25-23-21-19-17-14-12-10-8-6-4-2/h6,8,14,17,23,25,28-30,33-35H,3-5,7,9-13,15-16,18-22,24,26-27H2,1-2H3,(H,32,36)/b8-6+,17-14+,25-23+. The molecule has 0 radical (unpaired) electrons. The zero-order valence-electron chi connectivity index (χ0n) is 23.4. The molecule has 0 rings (SSSR count). The van der Waals surface area contributed by atoms with Crippen LogP contribution in [-0.4, -0.2) is 46.1 Å². The number of allylic oxidation sites excluding steroid dienone is 5. The molecule has 0 saturated carbocycles. The van der Waals surface area contributed by atoms with E-state index >= 15 is 0 Å². The SMILES string of the molecule is CC/C=C/CC/C=C/CC/C=C/C(O)C(CO)NC(=O)C(O)CCCCCCCCCCCCCC. The summed E-state index contributed by atoms with van der Waals surface area (Å²) >= 11 is 0. The summed E-state index contributed by atoms with van der Waals surface area (Å²) in [5.41, 5.74) is 0. The first kappa shape index (κ1) is 34.6. The normalized spacial score (nSPS) is 14.7. The van der Waals surface area contributed by atoms with Gasteiger partial charge in [-0.1, -0.05) is 127 Å². The van der Waals surface area contributed by atoms with Crippen LogP contribution in [0.2, 0.25) is 0 Å². The van der Waals surface area contributed by atoms with E-state index in [0.717, 1.165) is 51.4 Å². The molecule has 0 aliphatic rings. The Bertz CT molecular complexity index is 573. The van der Waals surface area contributed by atoms with Crippen molar-refractivity contribution in [2.24, 2.45) is 0 Å². The van der Waals surface area contributed by atoms with Gasteiger partial charge in [0.25, 0.3) is 0 Å². The molecular formula is C31H57NO4. The molecule has 3 atom stereocenters. The van der Waals surface area contributed by atoms with Crippen molar-refractivity contribution in [3.8, 4) is 0 Å². The molecule has 0 aromatic heterocycles. The summed E-state index contributed by atoms with van der Waals surface area (Å²) in [6.45, 7) is 3.99. The van der Waals surface area contributed by atoms with E-state index in [1.54, 1.807) is 6.08 Å². The second kappa shape index (κ2) is 26.6. The fraction of sp³-hybridized carbons (Fsp3) is 0.774. The van der Waals surface area contributed by atoms with Crippen molar-refractivity contribution in [3.63, 3.8) is 0 Å². The van der Waals surface area contributed by atoms with Crippen LogP contribution >= 0.6 is 0 Å². The topological polar surface area (TPSA) is 89.8 Å². The van der Waals surface area contributed by atoms with Crippen LogP contribution < -0.4 is 5.32 Å². The predicted octanol–water partition coefficient (Wildman–Crippen LogP) is 6.92. The average Bonchev–Trinajstić information content (AvgIpc) is 2.88. The third kappa shape index (κ3) is 21.8. The largest absolute Gasteiger partial charge is 0.394 e. The third-order valence-electron chi connectivity index (χ3n) is 6.47. The number of carbonyl (C=O) groups excluding carboxylic acids is 1. The molecule has 5 heteroatoms. The summed E-state index contributed by atoms with van der Waals surface area (Å²) in [6.07, 6.45) is 30.1. The van der Waals surface area contributed by atoms with Crippen LogP contribution in [0, 0.1) is 0 Å². The van der Waals surface area contributed by atoms with E-state index in [-0.39, 0.29) is 6.61 Å². The Hall–Kier alpha value is -1.43. The van der Waals surface area contributed by atoms with Crippen LogP contribution in [0.1, 0.15) is 129 Å². The number of hydrogen-bond donors (Lipinski definition) is 4. The lowest BCUT2D eigenvalue weighted by Crippen LogP contribution is -2.48. The van der Waals surface area contributed by atoms with Gasteiger partial charge < -0.3 is 20.6 Å². The number of amides is 1. The highest BCUT2D eigenvalue weighted by Gasteiger charge is 2.22. The van der Waals surface area contributed by atoms with E-state index < -0.39 is 24.2 Å². The second-order valence-corrected chi connectivity index (χ2v) is 9.92. The van der Waals surface area contributed by atoms with Gasteiger partial charge >= 0.3 is 0 Å². The Morgan fingerprint density at radius 3 is 1.67 bits per heavy atom. The number of carbonyl (C=O) groups is 1. The number of unbranched alkanes of at least 4 members (excludes halogenated alkanes) is 13. The van der Waals surface area contributed by atoms with Crippen molar-refractivity contribution in [1.82, 2.24) is 5.32 Å². The minimum absolute atomic E-state index is 0.381. The maximum absolute atomic E-state index is 12.3. The molecule has 0 aliphatic carbocycles. The minimum atomic E-state index is -1.10. The molecule has 0 fully saturated rings. The van der Waals surface area contributed by atoms with Crippen molar-refractivity contribution >= 4 is 5.91 Å². The van der Waals surface area contributed by atoms with Crippen LogP contribution in [0.15, 0.2) is 36.5 Å². The fourth-order valence-corrected chi connectivity index (χ4v) is 4.10. The average molecular weight is 508 g/mol. The number of hydrogen-bond acceptors (Lipinski definition) is 4. The number of aliphatic hydroxyl groups excluding tert-OH is 3. The van der Waals surface area contributed by atoms with Crippen LogP contribution in [0.5, 0.6) is 0 Å².